The van der Waals surface area contributed by atoms with E-state index < -0.39 is 0 Å². The van der Waals surface area contributed by atoms with Gasteiger partial charge in [-0.2, -0.15) is 0 Å². The average Bonchev–Trinajstić information content (AvgIpc) is 1.70. The van der Waals surface area contributed by atoms with Crippen LogP contribution in [0.3, 0.4) is 0 Å². The second-order valence-corrected chi connectivity index (χ2v) is 39.4. The SMILES string of the molecule is Cc1cc(F)ccc1-c1csc2c(=O)[nH]c(-c3nccn3C)nc12.Cc1ccc(-c2csc3c(=O)[nH]c(-c4nccn4C)nc23)cn1.Cc1cccc(-c2csc3c(=O)[nH]c(-c4nccn4C)nc23)c1.Cc1ccccc1-c1csc2c(=O)[nH]c(-c3nccn3C)nc12.Cn1ccnc1-c1nc2c(-c3ccc(C(C)(C)C)cc3)csc2c(=O)[nH]1.Cn1ccnc1-c1nc2c(-c3ccccc3)csc2c(=O)[nH]1. The number of benzene rings is 5. The number of halogens is 1. The summed E-state index contributed by atoms with van der Waals surface area (Å²) in [7, 11) is 11.2. The number of hydrogen-bond donors (Lipinski definition) is 6. The predicted octanol–water partition coefficient (Wildman–Crippen LogP) is 20.4. The smallest absolute Gasteiger partial charge is 0.269 e. The number of aromatic amines is 6. The van der Waals surface area contributed by atoms with Crippen LogP contribution in [0, 0.1) is 33.5 Å². The molecule has 0 radical (unpaired) electrons. The molecule has 0 amide bonds. The minimum atomic E-state index is -0.282. The Labute approximate surface area is 824 Å². The third-order valence-corrected chi connectivity index (χ3v) is 29.2. The van der Waals surface area contributed by atoms with Gasteiger partial charge in [0.2, 0.25) is 0 Å². The van der Waals surface area contributed by atoms with E-state index in [1.807, 2.05) is 209 Å². The zero-order valence-electron chi connectivity index (χ0n) is 77.9. The molecule has 141 heavy (non-hydrogen) atoms. The van der Waals surface area contributed by atoms with Crippen molar-refractivity contribution in [3.05, 3.63) is 342 Å². The summed E-state index contributed by atoms with van der Waals surface area (Å²) in [5, 5.41) is 11.8. The minimum Gasteiger partial charge on any atom is -0.331 e. The topological polar surface area (TPSA) is 394 Å². The van der Waals surface area contributed by atoms with Crippen molar-refractivity contribution in [2.75, 3.05) is 0 Å². The molecule has 0 aliphatic heterocycles. The fourth-order valence-electron chi connectivity index (χ4n) is 16.0. The molecule has 0 aliphatic carbocycles. The van der Waals surface area contributed by atoms with Crippen LogP contribution in [0.2, 0.25) is 0 Å². The molecule has 0 aliphatic rings. The molecular weight excluding hydrogens is 1890 g/mol. The van der Waals surface area contributed by atoms with Gasteiger partial charge in [0.25, 0.3) is 33.4 Å². The standard InChI is InChI=1S/C20H20N4OS.C17H13FN4OS.2C17H14N4OS.C16H13N5OS.C16H12N4OS/c1-20(2,3)13-7-5-12(6-8-13)14-11-26-16-15(14)22-17(23-19(16)25)18-21-9-10-24(18)4;1-9-7-10(18)3-4-11(9)12-8-24-14-13(12)20-15(21-17(14)23)16-19-5-6-22(16)2;1-10-4-3-5-11(8-10)12-9-23-14-13(12)19-15(20-17(14)22)16-18-6-7-21(16)2;1-10-5-3-4-6-11(10)12-9-23-14-13(12)19-15(20-17(14)22)16-18-7-8-21(16)2;1-9-3-4-10(7-18-9)11-8-23-13-12(11)19-14(20-16(13)22)15-17-5-6-21(15)2;1-20-8-7-17-15(20)14-18-12-11(10-5-3-2-4-6-10)9-22-13(12)16(21)19-14/h5-11H,1-4H3,(H,22,23,25);3-8H,1-2H3,(H,20,21,23);2*3-9H,1-2H3,(H,19,20,22);3-8H,1-2H3,(H,19,20,22);2-9H,1H3,(H,18,19,21). The molecule has 0 saturated carbocycles. The zero-order valence-corrected chi connectivity index (χ0v) is 82.8. The summed E-state index contributed by atoms with van der Waals surface area (Å²) in [5.41, 5.74) is 20.6. The molecule has 0 spiro atoms. The van der Waals surface area contributed by atoms with E-state index in [1.54, 1.807) is 60.2 Å². The van der Waals surface area contributed by atoms with Gasteiger partial charge >= 0.3 is 0 Å². The molecule has 0 saturated heterocycles. The van der Waals surface area contributed by atoms with E-state index in [4.69, 9.17) is 4.98 Å². The molecular formula is C103H86FN25O6S6. The summed E-state index contributed by atoms with van der Waals surface area (Å²) in [5.74, 6) is 6.34. The van der Waals surface area contributed by atoms with Gasteiger partial charge in [-0.1, -0.05) is 142 Å². The highest BCUT2D eigenvalue weighted by atomic mass is 32.1. The van der Waals surface area contributed by atoms with Gasteiger partial charge in [-0.25, -0.2) is 64.2 Å². The van der Waals surface area contributed by atoms with Crippen molar-refractivity contribution in [1.82, 2.24) is 122 Å². The monoisotopic (exact) mass is 1980 g/mol. The normalized spacial score (nSPS) is 11.4. The van der Waals surface area contributed by atoms with Crippen LogP contribution in [0.25, 0.3) is 198 Å². The molecule has 31 nitrogen and oxygen atoms in total. The molecule has 6 N–H and O–H groups in total. The maximum atomic E-state index is 13.4. The number of aryl methyl sites for hydroxylation is 10. The first-order valence-electron chi connectivity index (χ1n) is 44.0. The summed E-state index contributed by atoms with van der Waals surface area (Å²) in [6, 6.07) is 43.3. The van der Waals surface area contributed by atoms with Gasteiger partial charge in [0.1, 0.15) is 34.0 Å². The van der Waals surface area contributed by atoms with E-state index >= 15 is 0 Å². The number of fused-ring (bicyclic) bond motifs is 6. The van der Waals surface area contributed by atoms with E-state index in [0.717, 1.165) is 106 Å². The second-order valence-electron chi connectivity index (χ2n) is 34.1. The first-order valence-corrected chi connectivity index (χ1v) is 49.3. The quantitative estimate of drug-likeness (QED) is 0.0661. The lowest BCUT2D eigenvalue weighted by atomic mass is 9.86. The third-order valence-electron chi connectivity index (χ3n) is 23.4. The number of nitrogens with zero attached hydrogens (tertiary/aromatic N) is 19. The lowest BCUT2D eigenvalue weighted by Crippen LogP contribution is -2.10. The van der Waals surface area contributed by atoms with Gasteiger partial charge in [-0.15, -0.1) is 68.0 Å². The number of H-pyrrole nitrogens is 6. The fraction of sp³-hybridized carbons (Fsp3) is 0.136. The van der Waals surface area contributed by atoms with Crippen molar-refractivity contribution < 1.29 is 4.39 Å². The summed E-state index contributed by atoms with van der Waals surface area (Å²) < 4.78 is 28.1. The number of imidazole rings is 6. The number of nitrogens with one attached hydrogen (secondary N) is 6. The lowest BCUT2D eigenvalue weighted by molar-refractivity contribution is 0.590. The van der Waals surface area contributed by atoms with Crippen molar-refractivity contribution >= 4 is 129 Å². The van der Waals surface area contributed by atoms with Crippen molar-refractivity contribution in [3.63, 3.8) is 0 Å². The van der Waals surface area contributed by atoms with Gasteiger partial charge in [-0.05, 0) is 95.8 Å². The van der Waals surface area contributed by atoms with E-state index in [1.165, 1.54) is 91.3 Å². The van der Waals surface area contributed by atoms with Gasteiger partial charge < -0.3 is 57.3 Å². The molecule has 0 atom stereocenters. The Morgan fingerprint density at radius 2 is 0.582 bits per heavy atom. The van der Waals surface area contributed by atoms with Crippen LogP contribution in [-0.4, -0.2) is 122 Å². The average molecular weight is 1980 g/mol. The number of rotatable bonds is 12. The maximum absolute atomic E-state index is 13.4. The second kappa shape index (κ2) is 39.2. The minimum absolute atomic E-state index is 0.107. The molecule has 19 aromatic heterocycles. The molecule has 5 aromatic carbocycles. The van der Waals surface area contributed by atoms with Crippen LogP contribution in [-0.2, 0) is 47.7 Å². The van der Waals surface area contributed by atoms with Crippen LogP contribution >= 0.6 is 68.0 Å². The summed E-state index contributed by atoms with van der Waals surface area (Å²) in [6.45, 7) is 14.5. The van der Waals surface area contributed by atoms with E-state index in [9.17, 15) is 33.2 Å². The first-order chi connectivity index (χ1) is 68.0. The Hall–Kier alpha value is -16.5. The largest absolute Gasteiger partial charge is 0.331 e. The molecule has 24 rings (SSSR count). The molecule has 702 valence electrons. The molecule has 19 heterocycles. The molecule has 24 aromatic rings. The number of pyridine rings is 1. The number of thiophene rings is 6. The van der Waals surface area contributed by atoms with Crippen LogP contribution in [0.4, 0.5) is 4.39 Å². The Balaban J connectivity index is 0.000000108. The fourth-order valence-corrected chi connectivity index (χ4v) is 21.4. The van der Waals surface area contributed by atoms with Gasteiger partial charge in [-0.3, -0.25) is 33.8 Å². The maximum Gasteiger partial charge on any atom is 0.269 e. The summed E-state index contributed by atoms with van der Waals surface area (Å²) >= 11 is 8.39. The number of hydrogen-bond acceptors (Lipinski definition) is 25. The van der Waals surface area contributed by atoms with E-state index in [-0.39, 0.29) is 44.6 Å². The van der Waals surface area contributed by atoms with Crippen LogP contribution in [0.1, 0.15) is 48.7 Å². The highest BCUT2D eigenvalue weighted by molar-refractivity contribution is 7.19. The van der Waals surface area contributed by atoms with Gasteiger partial charge in [0, 0.05) is 200 Å². The molecule has 0 bridgehead atoms. The van der Waals surface area contributed by atoms with E-state index in [0.29, 0.717) is 109 Å². The molecule has 38 heteroatoms. The van der Waals surface area contributed by atoms with Gasteiger partial charge in [0.05, 0.1) is 33.1 Å². The van der Waals surface area contributed by atoms with Crippen molar-refractivity contribution in [2.45, 2.75) is 53.9 Å². The Bertz CT molecular complexity index is 9220. The Morgan fingerprint density at radius 3 is 0.894 bits per heavy atom. The highest BCUT2D eigenvalue weighted by Gasteiger charge is 2.25. The lowest BCUT2D eigenvalue weighted by Gasteiger charge is -2.19. The van der Waals surface area contributed by atoms with Crippen molar-refractivity contribution in [3.8, 4) is 137 Å². The molecule has 0 unspecified atom stereocenters. The van der Waals surface area contributed by atoms with Crippen LogP contribution in [0.15, 0.2) is 275 Å². The Morgan fingerprint density at radius 1 is 0.284 bits per heavy atom. The predicted molar refractivity (Wildman–Crippen MR) is 563 cm³/mol. The van der Waals surface area contributed by atoms with Crippen molar-refractivity contribution in [1.29, 1.82) is 0 Å². The number of aromatic nitrogens is 25. The summed E-state index contributed by atoms with van der Waals surface area (Å²) in [6.07, 6.45) is 22.8. The van der Waals surface area contributed by atoms with Crippen LogP contribution in [0.5, 0.6) is 0 Å². The van der Waals surface area contributed by atoms with Crippen LogP contribution < -0.4 is 33.4 Å². The third kappa shape index (κ3) is 19.0. The Kier molecular flexibility index (Phi) is 26.0. The van der Waals surface area contributed by atoms with E-state index in [2.05, 4.69) is 173 Å². The van der Waals surface area contributed by atoms with Gasteiger partial charge in [0.15, 0.2) is 69.9 Å². The van der Waals surface area contributed by atoms with Crippen molar-refractivity contribution in [2.24, 2.45) is 42.3 Å². The highest BCUT2D eigenvalue weighted by Crippen LogP contribution is 2.40. The molecule has 0 fully saturated rings. The first kappa shape index (κ1) is 93.5. The summed E-state index contributed by atoms with van der Waals surface area (Å²) in [4.78, 5) is 149. The zero-order chi connectivity index (χ0) is 98.3.